The summed E-state index contributed by atoms with van der Waals surface area (Å²) in [6, 6.07) is 0.748. The zero-order chi connectivity index (χ0) is 12.8. The number of hydrogen-bond acceptors (Lipinski definition) is 4. The van der Waals surface area contributed by atoms with E-state index in [-0.39, 0.29) is 0 Å². The predicted octanol–water partition coefficient (Wildman–Crippen LogP) is 0.910. The fourth-order valence-corrected chi connectivity index (χ4v) is 3.27. The Morgan fingerprint density at radius 1 is 1.28 bits per heavy atom. The molecule has 0 radical (unpaired) electrons. The second-order valence-corrected chi connectivity index (χ2v) is 5.83. The van der Waals surface area contributed by atoms with Crippen molar-refractivity contribution >= 4 is 0 Å². The summed E-state index contributed by atoms with van der Waals surface area (Å²) < 4.78 is 5.89. The summed E-state index contributed by atoms with van der Waals surface area (Å²) in [5, 5.41) is 0. The molecule has 0 aromatic heterocycles. The molecule has 2 rings (SSSR count). The molecule has 1 heterocycles. The molecule has 0 aromatic carbocycles. The first-order valence-electron chi connectivity index (χ1n) is 7.54. The molecule has 1 saturated carbocycles. The van der Waals surface area contributed by atoms with E-state index < -0.39 is 0 Å². The monoisotopic (exact) mass is 255 g/mol. The van der Waals surface area contributed by atoms with Gasteiger partial charge in [-0.05, 0) is 19.9 Å². The van der Waals surface area contributed by atoms with Crippen molar-refractivity contribution in [2.24, 2.45) is 5.73 Å². The van der Waals surface area contributed by atoms with E-state index >= 15 is 0 Å². The lowest BCUT2D eigenvalue weighted by atomic mass is 9.94. The standard InChI is InChI=1S/C14H29N3O/c1-16-9-10-18-14(11-16)12-17(8-7-15)13-5-3-2-4-6-13/h13-14H,2-12,15H2,1H3. The molecular weight excluding hydrogens is 226 g/mol. The second kappa shape index (κ2) is 7.43. The smallest absolute Gasteiger partial charge is 0.0829 e. The molecule has 1 aliphatic heterocycles. The molecule has 1 unspecified atom stereocenters. The van der Waals surface area contributed by atoms with Gasteiger partial charge in [0.25, 0.3) is 0 Å². The summed E-state index contributed by atoms with van der Waals surface area (Å²) in [7, 11) is 2.18. The van der Waals surface area contributed by atoms with E-state index in [4.69, 9.17) is 10.5 Å². The Bertz CT molecular complexity index is 231. The maximum atomic E-state index is 5.89. The highest BCUT2D eigenvalue weighted by Crippen LogP contribution is 2.23. The average Bonchev–Trinajstić information content (AvgIpc) is 2.39. The van der Waals surface area contributed by atoms with E-state index in [2.05, 4.69) is 16.8 Å². The van der Waals surface area contributed by atoms with Gasteiger partial charge in [0.2, 0.25) is 0 Å². The lowest BCUT2D eigenvalue weighted by Crippen LogP contribution is -2.50. The van der Waals surface area contributed by atoms with Gasteiger partial charge in [0.1, 0.15) is 0 Å². The zero-order valence-electron chi connectivity index (χ0n) is 11.8. The summed E-state index contributed by atoms with van der Waals surface area (Å²) in [5.74, 6) is 0. The number of ether oxygens (including phenoxy) is 1. The summed E-state index contributed by atoms with van der Waals surface area (Å²) in [4.78, 5) is 4.96. The normalized spacial score (nSPS) is 27.8. The van der Waals surface area contributed by atoms with Gasteiger partial charge in [-0.15, -0.1) is 0 Å². The quantitative estimate of drug-likeness (QED) is 0.793. The summed E-state index contributed by atoms with van der Waals surface area (Å²) in [6.07, 6.45) is 7.26. The molecular formula is C14H29N3O. The number of rotatable bonds is 5. The van der Waals surface area contributed by atoms with Crippen LogP contribution in [0, 0.1) is 0 Å². The second-order valence-electron chi connectivity index (χ2n) is 5.83. The Kier molecular flexibility index (Phi) is 5.89. The lowest BCUT2D eigenvalue weighted by molar-refractivity contribution is -0.0431. The molecule has 0 aromatic rings. The fraction of sp³-hybridized carbons (Fsp3) is 1.00. The van der Waals surface area contributed by atoms with Crippen molar-refractivity contribution in [3.63, 3.8) is 0 Å². The molecule has 4 nitrogen and oxygen atoms in total. The summed E-state index contributed by atoms with van der Waals surface area (Å²) in [5.41, 5.74) is 5.78. The maximum Gasteiger partial charge on any atom is 0.0829 e. The van der Waals surface area contributed by atoms with Gasteiger partial charge in [0.05, 0.1) is 12.7 Å². The van der Waals surface area contributed by atoms with E-state index in [1.165, 1.54) is 32.1 Å². The van der Waals surface area contributed by atoms with Crippen molar-refractivity contribution in [1.82, 2.24) is 9.80 Å². The Morgan fingerprint density at radius 2 is 2.06 bits per heavy atom. The van der Waals surface area contributed by atoms with Gasteiger partial charge in [0.15, 0.2) is 0 Å². The molecule has 2 N–H and O–H groups in total. The summed E-state index contributed by atoms with van der Waals surface area (Å²) in [6.45, 7) is 5.85. The van der Waals surface area contributed by atoms with E-state index in [1.54, 1.807) is 0 Å². The van der Waals surface area contributed by atoms with Crippen molar-refractivity contribution in [1.29, 1.82) is 0 Å². The SMILES string of the molecule is CN1CCOC(CN(CCN)C2CCCCC2)C1. The minimum absolute atomic E-state index is 0.372. The molecule has 0 amide bonds. The zero-order valence-corrected chi connectivity index (χ0v) is 11.8. The van der Waals surface area contributed by atoms with Crippen LogP contribution in [-0.4, -0.2) is 68.3 Å². The van der Waals surface area contributed by atoms with E-state index in [1.807, 2.05) is 0 Å². The molecule has 1 saturated heterocycles. The third kappa shape index (κ3) is 4.19. The van der Waals surface area contributed by atoms with Gasteiger partial charge in [0, 0.05) is 38.8 Å². The fourth-order valence-electron chi connectivity index (χ4n) is 3.27. The van der Waals surface area contributed by atoms with Crippen molar-refractivity contribution in [3.05, 3.63) is 0 Å². The Morgan fingerprint density at radius 3 is 2.72 bits per heavy atom. The van der Waals surface area contributed by atoms with E-state index in [0.29, 0.717) is 6.10 Å². The molecule has 0 bridgehead atoms. The van der Waals surface area contributed by atoms with E-state index in [0.717, 1.165) is 45.4 Å². The largest absolute Gasteiger partial charge is 0.374 e. The third-order valence-corrected chi connectivity index (χ3v) is 4.29. The minimum atomic E-state index is 0.372. The average molecular weight is 255 g/mol. The van der Waals surface area contributed by atoms with Crippen LogP contribution < -0.4 is 5.73 Å². The van der Waals surface area contributed by atoms with Gasteiger partial charge in [-0.1, -0.05) is 19.3 Å². The van der Waals surface area contributed by atoms with Gasteiger partial charge < -0.3 is 15.4 Å². The molecule has 106 valence electrons. The Labute approximate surface area is 111 Å². The predicted molar refractivity (Wildman–Crippen MR) is 74.7 cm³/mol. The van der Waals surface area contributed by atoms with Crippen LogP contribution in [0.25, 0.3) is 0 Å². The molecule has 2 aliphatic rings. The van der Waals surface area contributed by atoms with Gasteiger partial charge in [-0.2, -0.15) is 0 Å². The van der Waals surface area contributed by atoms with Gasteiger partial charge in [-0.25, -0.2) is 0 Å². The van der Waals surface area contributed by atoms with Crippen molar-refractivity contribution in [3.8, 4) is 0 Å². The Balaban J connectivity index is 1.84. The third-order valence-electron chi connectivity index (χ3n) is 4.29. The highest BCUT2D eigenvalue weighted by molar-refractivity contribution is 4.80. The van der Waals surface area contributed by atoms with Crippen LogP contribution in [0.4, 0.5) is 0 Å². The van der Waals surface area contributed by atoms with Gasteiger partial charge >= 0.3 is 0 Å². The number of hydrogen-bond donors (Lipinski definition) is 1. The van der Waals surface area contributed by atoms with Crippen LogP contribution in [0.5, 0.6) is 0 Å². The van der Waals surface area contributed by atoms with Crippen LogP contribution in [0.1, 0.15) is 32.1 Å². The highest BCUT2D eigenvalue weighted by atomic mass is 16.5. The molecule has 2 fully saturated rings. The molecule has 4 heteroatoms. The van der Waals surface area contributed by atoms with Crippen LogP contribution in [-0.2, 0) is 4.74 Å². The molecule has 18 heavy (non-hydrogen) atoms. The molecule has 1 atom stereocenters. The number of likely N-dealkylation sites (N-methyl/N-ethyl adjacent to an activating group) is 1. The maximum absolute atomic E-state index is 5.89. The van der Waals surface area contributed by atoms with Crippen molar-refractivity contribution in [2.75, 3.05) is 46.4 Å². The van der Waals surface area contributed by atoms with Gasteiger partial charge in [-0.3, -0.25) is 4.90 Å². The minimum Gasteiger partial charge on any atom is -0.374 e. The first-order valence-corrected chi connectivity index (χ1v) is 7.54. The van der Waals surface area contributed by atoms with Crippen LogP contribution in [0.15, 0.2) is 0 Å². The lowest BCUT2D eigenvalue weighted by Gasteiger charge is -2.38. The van der Waals surface area contributed by atoms with Crippen molar-refractivity contribution < 1.29 is 4.74 Å². The highest BCUT2D eigenvalue weighted by Gasteiger charge is 2.25. The first kappa shape index (κ1) is 14.3. The molecule has 1 aliphatic carbocycles. The van der Waals surface area contributed by atoms with Crippen LogP contribution >= 0.6 is 0 Å². The van der Waals surface area contributed by atoms with Crippen molar-refractivity contribution in [2.45, 2.75) is 44.2 Å². The number of morpholine rings is 1. The molecule has 0 spiro atoms. The summed E-state index contributed by atoms with van der Waals surface area (Å²) >= 11 is 0. The first-order chi connectivity index (χ1) is 8.79. The van der Waals surface area contributed by atoms with E-state index in [9.17, 15) is 0 Å². The van der Waals surface area contributed by atoms with Crippen LogP contribution in [0.3, 0.4) is 0 Å². The number of nitrogens with two attached hydrogens (primary N) is 1. The van der Waals surface area contributed by atoms with Crippen LogP contribution in [0.2, 0.25) is 0 Å². The topological polar surface area (TPSA) is 41.7 Å². The Hall–Kier alpha value is -0.160. The number of nitrogens with zero attached hydrogens (tertiary/aromatic N) is 2.